The Bertz CT molecular complexity index is 693. The van der Waals surface area contributed by atoms with Crippen LogP contribution in [0, 0.1) is 0 Å². The Morgan fingerprint density at radius 3 is 3.00 bits per heavy atom. The minimum Gasteiger partial charge on any atom is -0.463 e. The summed E-state index contributed by atoms with van der Waals surface area (Å²) in [5, 5.41) is 4.26. The van der Waals surface area contributed by atoms with E-state index >= 15 is 0 Å². The van der Waals surface area contributed by atoms with Gasteiger partial charge in [-0.1, -0.05) is 11.6 Å². The molecular weight excluding hydrogens is 258 g/mol. The van der Waals surface area contributed by atoms with E-state index in [1.54, 1.807) is 12.1 Å². The molecule has 0 bridgehead atoms. The van der Waals surface area contributed by atoms with Gasteiger partial charge in [-0.2, -0.15) is 5.10 Å². The molecule has 0 fully saturated rings. The van der Waals surface area contributed by atoms with Crippen molar-refractivity contribution in [3.05, 3.63) is 45.3 Å². The van der Waals surface area contributed by atoms with Gasteiger partial charge >= 0.3 is 6.03 Å². The summed E-state index contributed by atoms with van der Waals surface area (Å²) in [4.78, 5) is 22.4. The number of rotatable bonds is 2. The lowest BCUT2D eigenvalue weighted by atomic mass is 10.2. The highest BCUT2D eigenvalue weighted by Gasteiger charge is 2.05. The number of amides is 2. The number of nitrogens with two attached hydrogens (primary N) is 1. The van der Waals surface area contributed by atoms with E-state index in [0.29, 0.717) is 16.0 Å². The maximum absolute atomic E-state index is 12.0. The van der Waals surface area contributed by atoms with Crippen molar-refractivity contribution in [2.24, 2.45) is 10.8 Å². The summed E-state index contributed by atoms with van der Waals surface area (Å²) in [5.41, 5.74) is 7.11. The minimum absolute atomic E-state index is 0.179. The van der Waals surface area contributed by atoms with Crippen LogP contribution in [-0.2, 0) is 0 Å². The number of carbonyl (C=O) groups is 1. The fourth-order valence-electron chi connectivity index (χ4n) is 1.37. The lowest BCUT2D eigenvalue weighted by molar-refractivity contribution is 0.249. The monoisotopic (exact) mass is 265 g/mol. The van der Waals surface area contributed by atoms with E-state index in [4.69, 9.17) is 21.8 Å². The molecule has 18 heavy (non-hydrogen) atoms. The highest BCUT2D eigenvalue weighted by Crippen LogP contribution is 2.16. The van der Waals surface area contributed by atoms with Crippen molar-refractivity contribution >= 4 is 34.8 Å². The van der Waals surface area contributed by atoms with Gasteiger partial charge in [0.25, 0.3) is 0 Å². The number of benzene rings is 1. The molecule has 7 heteroatoms. The molecule has 0 saturated heterocycles. The maximum atomic E-state index is 12.0. The second-order valence-corrected chi connectivity index (χ2v) is 3.83. The predicted octanol–water partition coefficient (Wildman–Crippen LogP) is 1.45. The summed E-state index contributed by atoms with van der Waals surface area (Å²) in [6.07, 6.45) is 2.39. The van der Waals surface area contributed by atoms with E-state index < -0.39 is 6.03 Å². The molecule has 0 aliphatic carbocycles. The maximum Gasteiger partial charge on any atom is 0.332 e. The third kappa shape index (κ3) is 2.49. The van der Waals surface area contributed by atoms with Crippen LogP contribution >= 0.6 is 11.6 Å². The van der Waals surface area contributed by atoms with Crippen molar-refractivity contribution in [1.82, 2.24) is 5.43 Å². The molecule has 0 saturated carbocycles. The Hall–Kier alpha value is -2.34. The fraction of sp³-hybridized carbons (Fsp3) is 0. The minimum atomic E-state index is -0.820. The zero-order valence-electron chi connectivity index (χ0n) is 9.01. The molecule has 2 rings (SSSR count). The molecule has 0 spiro atoms. The van der Waals surface area contributed by atoms with Crippen molar-refractivity contribution in [1.29, 1.82) is 0 Å². The second kappa shape index (κ2) is 4.89. The second-order valence-electron chi connectivity index (χ2n) is 3.39. The van der Waals surface area contributed by atoms with Gasteiger partial charge in [-0.15, -0.1) is 0 Å². The molecule has 0 radical (unpaired) electrons. The Morgan fingerprint density at radius 2 is 2.28 bits per heavy atom. The van der Waals surface area contributed by atoms with Gasteiger partial charge in [0.2, 0.25) is 5.43 Å². The van der Waals surface area contributed by atoms with E-state index in [9.17, 15) is 9.59 Å². The van der Waals surface area contributed by atoms with Gasteiger partial charge in [-0.05, 0) is 18.2 Å². The largest absolute Gasteiger partial charge is 0.463 e. The zero-order valence-corrected chi connectivity index (χ0v) is 9.77. The first-order valence-electron chi connectivity index (χ1n) is 4.87. The van der Waals surface area contributed by atoms with Crippen molar-refractivity contribution in [3.63, 3.8) is 0 Å². The summed E-state index contributed by atoms with van der Waals surface area (Å²) in [6, 6.07) is 3.90. The Balaban J connectivity index is 2.47. The fourth-order valence-corrected chi connectivity index (χ4v) is 1.55. The number of halogens is 1. The molecule has 1 aromatic heterocycles. The van der Waals surface area contributed by atoms with Gasteiger partial charge in [0.15, 0.2) is 0 Å². The topological polar surface area (TPSA) is 97.7 Å². The lowest BCUT2D eigenvalue weighted by Gasteiger charge is -1.98. The van der Waals surface area contributed by atoms with Gasteiger partial charge in [-0.3, -0.25) is 4.79 Å². The zero-order chi connectivity index (χ0) is 13.1. The van der Waals surface area contributed by atoms with Gasteiger partial charge in [-0.25, -0.2) is 10.2 Å². The van der Waals surface area contributed by atoms with Crippen LogP contribution in [0.15, 0.2) is 38.8 Å². The number of hydrogen-bond donors (Lipinski definition) is 2. The molecule has 0 unspecified atom stereocenters. The Kier molecular flexibility index (Phi) is 3.29. The van der Waals surface area contributed by atoms with Crippen molar-refractivity contribution in [2.45, 2.75) is 0 Å². The number of nitrogens with one attached hydrogen (secondary N) is 1. The molecule has 0 atom stereocenters. The molecule has 2 amide bonds. The summed E-state index contributed by atoms with van der Waals surface area (Å²) < 4.78 is 5.24. The SMILES string of the molecule is NC(=O)NN=Cc1coc2ccc(Cl)cc2c1=O. The van der Waals surface area contributed by atoms with Crippen LogP contribution in [0.3, 0.4) is 0 Å². The highest BCUT2D eigenvalue weighted by molar-refractivity contribution is 6.31. The number of primary amides is 1. The lowest BCUT2D eigenvalue weighted by Crippen LogP contribution is -2.24. The number of fused-ring (bicyclic) bond motifs is 1. The molecule has 2 aromatic rings. The first-order chi connectivity index (χ1) is 8.58. The van der Waals surface area contributed by atoms with Gasteiger partial charge in [0, 0.05) is 5.02 Å². The number of hydrogen-bond acceptors (Lipinski definition) is 4. The first kappa shape index (κ1) is 12.1. The highest BCUT2D eigenvalue weighted by atomic mass is 35.5. The molecule has 1 aromatic carbocycles. The van der Waals surface area contributed by atoms with Crippen LogP contribution in [0.5, 0.6) is 0 Å². The standard InChI is InChI=1S/C11H8ClN3O3/c12-7-1-2-9-8(3-7)10(16)6(5-18-9)4-14-15-11(13)17/h1-5H,(H3,13,15,17). The number of carbonyl (C=O) groups excluding carboxylic acids is 1. The predicted molar refractivity (Wildman–Crippen MR) is 67.8 cm³/mol. The normalized spacial score (nSPS) is 10.9. The average Bonchev–Trinajstić information content (AvgIpc) is 2.32. The molecule has 0 aliphatic rings. The van der Waals surface area contributed by atoms with Crippen LogP contribution in [0.4, 0.5) is 4.79 Å². The summed E-state index contributed by atoms with van der Waals surface area (Å²) in [5.74, 6) is 0. The van der Waals surface area contributed by atoms with Gasteiger partial charge in [0.05, 0.1) is 17.2 Å². The Labute approximate surface area is 106 Å². The number of urea groups is 1. The van der Waals surface area contributed by atoms with E-state index in [1.807, 2.05) is 5.43 Å². The third-order valence-electron chi connectivity index (χ3n) is 2.14. The van der Waals surface area contributed by atoms with E-state index in [1.165, 1.54) is 12.3 Å². The van der Waals surface area contributed by atoms with Gasteiger partial charge < -0.3 is 10.2 Å². The summed E-state index contributed by atoms with van der Waals surface area (Å²) >= 11 is 5.80. The van der Waals surface area contributed by atoms with Crippen LogP contribution in [0.1, 0.15) is 5.56 Å². The van der Waals surface area contributed by atoms with E-state index in [0.717, 1.165) is 6.21 Å². The van der Waals surface area contributed by atoms with Crippen molar-refractivity contribution in [2.75, 3.05) is 0 Å². The number of hydrazone groups is 1. The quantitative estimate of drug-likeness (QED) is 0.635. The average molecular weight is 266 g/mol. The van der Waals surface area contributed by atoms with Crippen molar-refractivity contribution < 1.29 is 9.21 Å². The molecule has 6 nitrogen and oxygen atoms in total. The van der Waals surface area contributed by atoms with Crippen LogP contribution in [0.2, 0.25) is 5.02 Å². The molecule has 0 aliphatic heterocycles. The van der Waals surface area contributed by atoms with Crippen molar-refractivity contribution in [3.8, 4) is 0 Å². The molecule has 1 heterocycles. The van der Waals surface area contributed by atoms with Crippen LogP contribution in [-0.4, -0.2) is 12.2 Å². The first-order valence-corrected chi connectivity index (χ1v) is 5.25. The third-order valence-corrected chi connectivity index (χ3v) is 2.37. The van der Waals surface area contributed by atoms with Crippen LogP contribution < -0.4 is 16.6 Å². The molecule has 3 N–H and O–H groups in total. The number of nitrogens with zero attached hydrogens (tertiary/aromatic N) is 1. The van der Waals surface area contributed by atoms with E-state index in [2.05, 4.69) is 5.10 Å². The molecular formula is C11H8ClN3O3. The van der Waals surface area contributed by atoms with Gasteiger partial charge in [0.1, 0.15) is 11.8 Å². The van der Waals surface area contributed by atoms with E-state index in [-0.39, 0.29) is 11.0 Å². The van der Waals surface area contributed by atoms with Crippen LogP contribution in [0.25, 0.3) is 11.0 Å². The molecule has 92 valence electrons. The summed E-state index contributed by atoms with van der Waals surface area (Å²) in [7, 11) is 0. The Morgan fingerprint density at radius 1 is 1.50 bits per heavy atom. The summed E-state index contributed by atoms with van der Waals surface area (Å²) in [6.45, 7) is 0. The smallest absolute Gasteiger partial charge is 0.332 e.